The maximum atomic E-state index is 5.71. The van der Waals surface area contributed by atoms with Crippen molar-refractivity contribution in [2.24, 2.45) is 0 Å². The van der Waals surface area contributed by atoms with E-state index in [-0.39, 0.29) is 6.10 Å². The number of ether oxygens (including phenoxy) is 1. The molecule has 0 aromatic heterocycles. The van der Waals surface area contributed by atoms with Gasteiger partial charge in [-0.15, -0.1) is 0 Å². The molecule has 0 aliphatic carbocycles. The molecule has 0 amide bonds. The van der Waals surface area contributed by atoms with E-state index in [0.29, 0.717) is 6.04 Å². The van der Waals surface area contributed by atoms with E-state index in [1.165, 1.54) is 5.57 Å². The Bertz CT molecular complexity index is 317. The summed E-state index contributed by atoms with van der Waals surface area (Å²) in [4.78, 5) is 2.47. The summed E-state index contributed by atoms with van der Waals surface area (Å²) in [5.74, 6) is 0. The zero-order valence-electron chi connectivity index (χ0n) is 11.6. The summed E-state index contributed by atoms with van der Waals surface area (Å²) in [6.07, 6.45) is 6.67. The van der Waals surface area contributed by atoms with Gasteiger partial charge in [0.25, 0.3) is 0 Å². The Morgan fingerprint density at radius 1 is 1.47 bits per heavy atom. The van der Waals surface area contributed by atoms with Crippen LogP contribution in [0.2, 0.25) is 0 Å². The molecule has 0 spiro atoms. The summed E-state index contributed by atoms with van der Waals surface area (Å²) in [6.45, 7) is 15.2. The van der Waals surface area contributed by atoms with Crippen molar-refractivity contribution in [1.82, 2.24) is 4.90 Å². The van der Waals surface area contributed by atoms with Crippen molar-refractivity contribution in [2.45, 2.75) is 39.8 Å². The van der Waals surface area contributed by atoms with Crippen LogP contribution >= 0.6 is 0 Å². The van der Waals surface area contributed by atoms with Gasteiger partial charge in [0.15, 0.2) is 0 Å². The molecule has 1 aliphatic heterocycles. The molecule has 1 fully saturated rings. The standard InChI is InChI=1S/C15H25NO/c1-6-8-14(7-2)13(5)16-9-10-17-15(11-16)12(3)4/h6-8,13,15H,3,9-11H2,1-2,4-5H3/b8-6-,14-7+. The fourth-order valence-electron chi connectivity index (χ4n) is 2.20. The van der Waals surface area contributed by atoms with E-state index < -0.39 is 0 Å². The highest BCUT2D eigenvalue weighted by molar-refractivity contribution is 5.23. The molecule has 2 atom stereocenters. The molecule has 1 heterocycles. The quantitative estimate of drug-likeness (QED) is 0.548. The summed E-state index contributed by atoms with van der Waals surface area (Å²) in [7, 11) is 0. The molecule has 1 rings (SSSR count). The van der Waals surface area contributed by atoms with Crippen LogP contribution in [0.5, 0.6) is 0 Å². The fourth-order valence-corrected chi connectivity index (χ4v) is 2.20. The van der Waals surface area contributed by atoms with Crippen LogP contribution in [0.25, 0.3) is 0 Å². The third-order valence-corrected chi connectivity index (χ3v) is 3.37. The highest BCUT2D eigenvalue weighted by Gasteiger charge is 2.25. The Labute approximate surface area is 106 Å². The summed E-state index contributed by atoms with van der Waals surface area (Å²) < 4.78 is 5.71. The van der Waals surface area contributed by atoms with E-state index >= 15 is 0 Å². The number of hydrogen-bond donors (Lipinski definition) is 0. The predicted octanol–water partition coefficient (Wildman–Crippen LogP) is 3.17. The van der Waals surface area contributed by atoms with Crippen LogP contribution in [0, 0.1) is 0 Å². The van der Waals surface area contributed by atoms with Gasteiger partial charge in [-0.25, -0.2) is 0 Å². The van der Waals surface area contributed by atoms with E-state index in [9.17, 15) is 0 Å². The zero-order valence-corrected chi connectivity index (χ0v) is 11.6. The average Bonchev–Trinajstić information content (AvgIpc) is 2.35. The minimum absolute atomic E-state index is 0.190. The number of hydrogen-bond acceptors (Lipinski definition) is 2. The molecule has 96 valence electrons. The van der Waals surface area contributed by atoms with Crippen molar-refractivity contribution in [3.8, 4) is 0 Å². The topological polar surface area (TPSA) is 12.5 Å². The first-order valence-corrected chi connectivity index (χ1v) is 6.40. The van der Waals surface area contributed by atoms with Gasteiger partial charge in [-0.3, -0.25) is 4.90 Å². The number of rotatable bonds is 4. The molecular weight excluding hydrogens is 210 g/mol. The van der Waals surface area contributed by atoms with Gasteiger partial charge < -0.3 is 4.74 Å². The molecule has 1 saturated heterocycles. The molecule has 0 aromatic carbocycles. The van der Waals surface area contributed by atoms with Crippen molar-refractivity contribution >= 4 is 0 Å². The van der Waals surface area contributed by atoms with Crippen LogP contribution in [0.1, 0.15) is 27.7 Å². The van der Waals surface area contributed by atoms with Gasteiger partial charge in [0, 0.05) is 19.1 Å². The molecule has 17 heavy (non-hydrogen) atoms. The molecule has 2 unspecified atom stereocenters. The van der Waals surface area contributed by atoms with E-state index in [4.69, 9.17) is 4.74 Å². The Balaban J connectivity index is 2.68. The fraction of sp³-hybridized carbons (Fsp3) is 0.600. The molecular formula is C15H25NO. The number of nitrogens with zero attached hydrogens (tertiary/aromatic N) is 1. The molecule has 0 N–H and O–H groups in total. The third kappa shape index (κ3) is 3.83. The summed E-state index contributed by atoms with van der Waals surface area (Å²) in [5, 5.41) is 0. The maximum Gasteiger partial charge on any atom is 0.0907 e. The van der Waals surface area contributed by atoms with Gasteiger partial charge in [0.1, 0.15) is 0 Å². The normalized spacial score (nSPS) is 25.2. The van der Waals surface area contributed by atoms with E-state index in [2.05, 4.69) is 50.5 Å². The smallest absolute Gasteiger partial charge is 0.0907 e. The number of morpholine rings is 1. The Morgan fingerprint density at radius 2 is 2.18 bits per heavy atom. The lowest BCUT2D eigenvalue weighted by molar-refractivity contribution is -0.0173. The lowest BCUT2D eigenvalue weighted by Gasteiger charge is -2.37. The van der Waals surface area contributed by atoms with Crippen LogP contribution in [0.15, 0.2) is 36.0 Å². The first-order valence-electron chi connectivity index (χ1n) is 6.40. The highest BCUT2D eigenvalue weighted by atomic mass is 16.5. The van der Waals surface area contributed by atoms with E-state index in [1.807, 2.05) is 6.92 Å². The highest BCUT2D eigenvalue weighted by Crippen LogP contribution is 2.18. The maximum absolute atomic E-state index is 5.71. The summed E-state index contributed by atoms with van der Waals surface area (Å²) in [6, 6.07) is 0.446. The lowest BCUT2D eigenvalue weighted by Crippen LogP contribution is -2.47. The minimum Gasteiger partial charge on any atom is -0.371 e. The van der Waals surface area contributed by atoms with E-state index in [0.717, 1.165) is 25.3 Å². The van der Waals surface area contributed by atoms with Crippen molar-refractivity contribution in [3.63, 3.8) is 0 Å². The molecule has 2 heteroatoms. The van der Waals surface area contributed by atoms with Crippen LogP contribution in [0.4, 0.5) is 0 Å². The molecule has 1 aliphatic rings. The van der Waals surface area contributed by atoms with Crippen LogP contribution in [-0.4, -0.2) is 36.7 Å². The SMILES string of the molecule is C=C(C)C1CN(C(C)C(/C=C\C)=C/C)CCO1. The molecule has 0 radical (unpaired) electrons. The lowest BCUT2D eigenvalue weighted by atomic mass is 10.0. The van der Waals surface area contributed by atoms with Crippen LogP contribution in [-0.2, 0) is 4.74 Å². The van der Waals surface area contributed by atoms with E-state index in [1.54, 1.807) is 0 Å². The largest absolute Gasteiger partial charge is 0.371 e. The Kier molecular flexibility index (Phi) is 5.66. The van der Waals surface area contributed by atoms with Gasteiger partial charge >= 0.3 is 0 Å². The van der Waals surface area contributed by atoms with Gasteiger partial charge in [0.2, 0.25) is 0 Å². The Hall–Kier alpha value is -0.860. The first kappa shape index (κ1) is 14.2. The second-order valence-electron chi connectivity index (χ2n) is 4.67. The molecule has 0 bridgehead atoms. The van der Waals surface area contributed by atoms with Gasteiger partial charge in [-0.1, -0.05) is 30.4 Å². The van der Waals surface area contributed by atoms with Gasteiger partial charge in [0.05, 0.1) is 12.7 Å². The minimum atomic E-state index is 0.190. The van der Waals surface area contributed by atoms with Gasteiger partial charge in [-0.05, 0) is 33.3 Å². The van der Waals surface area contributed by atoms with Crippen LogP contribution in [0.3, 0.4) is 0 Å². The molecule has 2 nitrogen and oxygen atoms in total. The third-order valence-electron chi connectivity index (χ3n) is 3.37. The summed E-state index contributed by atoms with van der Waals surface area (Å²) >= 11 is 0. The van der Waals surface area contributed by atoms with Crippen molar-refractivity contribution in [1.29, 1.82) is 0 Å². The average molecular weight is 235 g/mol. The molecule has 0 aromatic rings. The van der Waals surface area contributed by atoms with Crippen molar-refractivity contribution in [2.75, 3.05) is 19.7 Å². The van der Waals surface area contributed by atoms with Crippen molar-refractivity contribution in [3.05, 3.63) is 36.0 Å². The van der Waals surface area contributed by atoms with Crippen LogP contribution < -0.4 is 0 Å². The number of allylic oxidation sites excluding steroid dienone is 2. The Morgan fingerprint density at radius 3 is 2.71 bits per heavy atom. The zero-order chi connectivity index (χ0) is 12.8. The first-order chi connectivity index (χ1) is 8.10. The predicted molar refractivity (Wildman–Crippen MR) is 74.2 cm³/mol. The second kappa shape index (κ2) is 6.77. The molecule has 0 saturated carbocycles. The summed E-state index contributed by atoms with van der Waals surface area (Å²) in [5.41, 5.74) is 2.49. The van der Waals surface area contributed by atoms with Gasteiger partial charge in [-0.2, -0.15) is 0 Å². The second-order valence-corrected chi connectivity index (χ2v) is 4.67. The van der Waals surface area contributed by atoms with Crippen molar-refractivity contribution < 1.29 is 4.74 Å². The monoisotopic (exact) mass is 235 g/mol.